The Morgan fingerprint density at radius 2 is 2.04 bits per heavy atom. The number of hydrogen-bond donors (Lipinski definition) is 0. The molecule has 0 unspecified atom stereocenters. The van der Waals surface area contributed by atoms with Gasteiger partial charge in [-0.3, -0.25) is 4.79 Å². The SMILES string of the molecule is COc1cc2c(c(C(C)=O)c1OS(=O)(=O)C(F)(F)F)[C@@H]1CCO[C@@H]1O2. The topological polar surface area (TPSA) is 88.1 Å². The van der Waals surface area contributed by atoms with Gasteiger partial charge in [-0.1, -0.05) is 0 Å². The van der Waals surface area contributed by atoms with Gasteiger partial charge in [-0.2, -0.15) is 21.6 Å². The molecule has 1 saturated heterocycles. The number of hydrogen-bond acceptors (Lipinski definition) is 7. The van der Waals surface area contributed by atoms with E-state index in [1.165, 1.54) is 6.07 Å². The summed E-state index contributed by atoms with van der Waals surface area (Å²) in [6.07, 6.45) is -0.220. The molecule has 25 heavy (non-hydrogen) atoms. The van der Waals surface area contributed by atoms with Crippen molar-refractivity contribution in [2.75, 3.05) is 13.7 Å². The summed E-state index contributed by atoms with van der Waals surface area (Å²) < 4.78 is 81.0. The molecule has 2 heterocycles. The lowest BCUT2D eigenvalue weighted by molar-refractivity contribution is -0.0500. The van der Waals surface area contributed by atoms with E-state index in [1.807, 2.05) is 0 Å². The standard InChI is InChI=1S/C14H13F3O7S/c1-6(18)10-11-7-3-4-22-13(7)23-8(11)5-9(21-2)12(10)24-25(19,20)14(15,16)17/h5,7,13H,3-4H2,1-2H3/t7-,13+/m0/s1. The number of ether oxygens (including phenoxy) is 3. The largest absolute Gasteiger partial charge is 0.534 e. The normalized spacial score (nSPS) is 22.1. The van der Waals surface area contributed by atoms with Crippen molar-refractivity contribution in [3.05, 3.63) is 17.2 Å². The number of rotatable bonds is 4. The van der Waals surface area contributed by atoms with E-state index < -0.39 is 39.4 Å². The molecule has 0 bridgehead atoms. The molecule has 0 aliphatic carbocycles. The monoisotopic (exact) mass is 382 g/mol. The third-order valence-corrected chi connectivity index (χ3v) is 4.90. The lowest BCUT2D eigenvalue weighted by Crippen LogP contribution is -2.29. The highest BCUT2D eigenvalue weighted by molar-refractivity contribution is 7.88. The maximum absolute atomic E-state index is 12.7. The van der Waals surface area contributed by atoms with Gasteiger partial charge in [0.05, 0.1) is 25.2 Å². The van der Waals surface area contributed by atoms with Crippen molar-refractivity contribution in [2.24, 2.45) is 0 Å². The van der Waals surface area contributed by atoms with Crippen LogP contribution in [0.5, 0.6) is 17.2 Å². The van der Waals surface area contributed by atoms with Crippen molar-refractivity contribution in [1.82, 2.24) is 0 Å². The lowest BCUT2D eigenvalue weighted by atomic mass is 9.91. The number of carbonyl (C=O) groups is 1. The molecule has 0 amide bonds. The summed E-state index contributed by atoms with van der Waals surface area (Å²) in [6.45, 7) is 1.43. The molecule has 0 saturated carbocycles. The third kappa shape index (κ3) is 2.80. The quantitative estimate of drug-likeness (QED) is 0.449. The van der Waals surface area contributed by atoms with Gasteiger partial charge in [0, 0.05) is 11.6 Å². The summed E-state index contributed by atoms with van der Waals surface area (Å²) in [5.41, 5.74) is -5.70. The predicted molar refractivity (Wildman–Crippen MR) is 76.3 cm³/mol. The molecule has 0 radical (unpaired) electrons. The number of benzene rings is 1. The molecule has 1 aromatic carbocycles. The molecule has 7 nitrogen and oxygen atoms in total. The number of halogens is 3. The number of carbonyl (C=O) groups excluding carboxylic acids is 1. The van der Waals surface area contributed by atoms with Crippen LogP contribution >= 0.6 is 0 Å². The van der Waals surface area contributed by atoms with E-state index in [9.17, 15) is 26.4 Å². The predicted octanol–water partition coefficient (Wildman–Crippen LogP) is 2.35. The minimum absolute atomic E-state index is 0.188. The van der Waals surface area contributed by atoms with Gasteiger partial charge >= 0.3 is 15.6 Å². The van der Waals surface area contributed by atoms with Crippen molar-refractivity contribution in [3.8, 4) is 17.2 Å². The Morgan fingerprint density at radius 3 is 2.60 bits per heavy atom. The Kier molecular flexibility index (Phi) is 4.11. The number of Topliss-reactive ketones (excluding diaryl/α,β-unsaturated/α-hetero) is 1. The van der Waals surface area contributed by atoms with Crippen LogP contribution < -0.4 is 13.7 Å². The smallest absolute Gasteiger partial charge is 0.493 e. The Balaban J connectivity index is 2.21. The maximum Gasteiger partial charge on any atom is 0.534 e. The van der Waals surface area contributed by atoms with Crippen LogP contribution in [0, 0.1) is 0 Å². The van der Waals surface area contributed by atoms with Crippen molar-refractivity contribution in [3.63, 3.8) is 0 Å². The molecular weight excluding hydrogens is 369 g/mol. The fourth-order valence-corrected chi connectivity index (χ4v) is 3.40. The van der Waals surface area contributed by atoms with E-state index in [4.69, 9.17) is 14.2 Å². The molecule has 3 rings (SSSR count). The van der Waals surface area contributed by atoms with Crippen LogP contribution in [-0.4, -0.2) is 39.7 Å². The highest BCUT2D eigenvalue weighted by Crippen LogP contribution is 2.52. The van der Waals surface area contributed by atoms with Crippen molar-refractivity contribution in [2.45, 2.75) is 31.1 Å². The van der Waals surface area contributed by atoms with Crippen LogP contribution in [0.25, 0.3) is 0 Å². The van der Waals surface area contributed by atoms with Crippen LogP contribution in [0.4, 0.5) is 13.2 Å². The molecule has 1 aromatic rings. The maximum atomic E-state index is 12.7. The van der Waals surface area contributed by atoms with E-state index in [1.54, 1.807) is 0 Å². The Morgan fingerprint density at radius 1 is 1.36 bits per heavy atom. The second-order valence-corrected chi connectivity index (χ2v) is 7.02. The zero-order valence-electron chi connectivity index (χ0n) is 13.0. The summed E-state index contributed by atoms with van der Waals surface area (Å²) >= 11 is 0. The van der Waals surface area contributed by atoms with Gasteiger partial charge in [0.1, 0.15) is 5.75 Å². The van der Waals surface area contributed by atoms with Crippen molar-refractivity contribution >= 4 is 15.9 Å². The highest BCUT2D eigenvalue weighted by Gasteiger charge is 2.50. The number of fused-ring (bicyclic) bond motifs is 3. The van der Waals surface area contributed by atoms with Gasteiger partial charge in [-0.25, -0.2) is 0 Å². The van der Waals surface area contributed by atoms with E-state index >= 15 is 0 Å². The van der Waals surface area contributed by atoms with E-state index in [-0.39, 0.29) is 22.6 Å². The van der Waals surface area contributed by atoms with Crippen LogP contribution in [0.2, 0.25) is 0 Å². The van der Waals surface area contributed by atoms with Gasteiger partial charge in [0.2, 0.25) is 6.29 Å². The van der Waals surface area contributed by atoms with Crippen LogP contribution in [0.1, 0.15) is 35.2 Å². The molecule has 2 aliphatic rings. The minimum Gasteiger partial charge on any atom is -0.493 e. The Labute approximate surface area is 140 Å². The fourth-order valence-electron chi connectivity index (χ4n) is 2.92. The lowest BCUT2D eigenvalue weighted by Gasteiger charge is -2.18. The van der Waals surface area contributed by atoms with Crippen LogP contribution in [0.15, 0.2) is 6.07 Å². The number of ketones is 1. The Bertz CT molecular complexity index is 832. The average Bonchev–Trinajstić information content (AvgIpc) is 3.05. The van der Waals surface area contributed by atoms with Gasteiger partial charge < -0.3 is 18.4 Å². The molecule has 1 fully saturated rings. The summed E-state index contributed by atoms with van der Waals surface area (Å²) in [5, 5.41) is 0. The number of methoxy groups -OCH3 is 1. The van der Waals surface area contributed by atoms with Crippen LogP contribution in [-0.2, 0) is 14.9 Å². The summed E-state index contributed by atoms with van der Waals surface area (Å²) in [6, 6.07) is 1.19. The second kappa shape index (κ2) is 5.77. The molecule has 11 heteroatoms. The van der Waals surface area contributed by atoms with Crippen LogP contribution in [0.3, 0.4) is 0 Å². The van der Waals surface area contributed by atoms with E-state index in [0.717, 1.165) is 14.0 Å². The fraction of sp³-hybridized carbons (Fsp3) is 0.500. The molecule has 0 N–H and O–H groups in total. The molecule has 138 valence electrons. The zero-order chi connectivity index (χ0) is 18.6. The molecule has 0 spiro atoms. The molecular formula is C14H13F3O7S. The zero-order valence-corrected chi connectivity index (χ0v) is 13.9. The van der Waals surface area contributed by atoms with Crippen molar-refractivity contribution < 1.29 is 44.8 Å². The van der Waals surface area contributed by atoms with Gasteiger partial charge in [-0.05, 0) is 13.3 Å². The van der Waals surface area contributed by atoms with Gasteiger partial charge in [-0.15, -0.1) is 0 Å². The average molecular weight is 382 g/mol. The third-order valence-electron chi connectivity index (χ3n) is 3.95. The molecule has 0 aromatic heterocycles. The van der Waals surface area contributed by atoms with E-state index in [2.05, 4.69) is 4.18 Å². The molecule has 2 atom stereocenters. The molecule has 2 aliphatic heterocycles. The van der Waals surface area contributed by atoms with E-state index in [0.29, 0.717) is 13.0 Å². The summed E-state index contributed by atoms with van der Waals surface area (Å²) in [5.74, 6) is -2.07. The van der Waals surface area contributed by atoms with Crippen molar-refractivity contribution in [1.29, 1.82) is 0 Å². The Hall–Kier alpha value is -2.01. The number of alkyl halides is 3. The summed E-state index contributed by atoms with van der Waals surface area (Å²) in [7, 11) is -4.88. The first-order valence-corrected chi connectivity index (χ1v) is 8.52. The first-order valence-electron chi connectivity index (χ1n) is 7.11. The van der Waals surface area contributed by atoms with Gasteiger partial charge in [0.15, 0.2) is 17.3 Å². The highest BCUT2D eigenvalue weighted by atomic mass is 32.2. The second-order valence-electron chi connectivity index (χ2n) is 5.49. The minimum atomic E-state index is -5.98. The summed E-state index contributed by atoms with van der Waals surface area (Å²) in [4.78, 5) is 12.1. The first-order chi connectivity index (χ1) is 11.6. The van der Waals surface area contributed by atoms with Gasteiger partial charge in [0.25, 0.3) is 0 Å². The first kappa shape index (κ1) is 17.8.